The van der Waals surface area contributed by atoms with E-state index in [9.17, 15) is 33.5 Å². The van der Waals surface area contributed by atoms with Gasteiger partial charge >= 0.3 is 0 Å². The van der Waals surface area contributed by atoms with Crippen molar-refractivity contribution in [3.8, 4) is 5.75 Å². The molecule has 8 nitrogen and oxygen atoms in total. The minimum Gasteiger partial charge on any atom is -0.508 e. The van der Waals surface area contributed by atoms with Crippen molar-refractivity contribution in [1.29, 1.82) is 0 Å². The number of benzene rings is 4. The second-order valence-corrected chi connectivity index (χ2v) is 14.5. The summed E-state index contributed by atoms with van der Waals surface area (Å²) in [5.74, 6) is -6.07. The molecule has 0 radical (unpaired) electrons. The Bertz CT molecular complexity index is 2220. The molecule has 0 aromatic heterocycles. The highest BCUT2D eigenvalue weighted by atomic mass is 35.5. The van der Waals surface area contributed by atoms with Gasteiger partial charge in [-0.2, -0.15) is 0 Å². The Morgan fingerprint density at radius 3 is 2.20 bits per heavy atom. The van der Waals surface area contributed by atoms with E-state index in [1.165, 1.54) is 17.0 Å². The molecule has 51 heavy (non-hydrogen) atoms. The average molecular weight is 703 g/mol. The van der Waals surface area contributed by atoms with Crippen LogP contribution in [0.4, 0.5) is 15.8 Å². The van der Waals surface area contributed by atoms with E-state index in [0.717, 1.165) is 16.5 Å². The van der Waals surface area contributed by atoms with Gasteiger partial charge in [-0.05, 0) is 92.3 Å². The van der Waals surface area contributed by atoms with Gasteiger partial charge in [0.05, 0.1) is 39.6 Å². The molecule has 1 N–H and O–H groups in total. The molecule has 2 heterocycles. The summed E-state index contributed by atoms with van der Waals surface area (Å²) in [6, 6.07) is 24.0. The molecule has 8 rings (SSSR count). The van der Waals surface area contributed by atoms with E-state index < -0.39 is 58.5 Å². The third-order valence-electron chi connectivity index (χ3n) is 11.4. The standard InChI is InChI=1S/C41H32ClFN2O6/c1-21-18-24(10-17-33(21)46)35-27-14-15-28-34(29(27)20-30-38(49)45(40(51)41(30,35)2)26-13-16-32(43)31(42)19-26)39(50)44(37(28)48)25-11-8-23(9-12-25)36(47)22-6-4-3-5-7-22/h3-14,16-19,28-30,34-35,46H,15,20H2,1-2H3/t28-,29+,30-,34-,35-,41+/m0/s1. The molecular weight excluding hydrogens is 671 g/mol. The van der Waals surface area contributed by atoms with Crippen LogP contribution in [0.1, 0.15) is 52.7 Å². The number of halogens is 2. The van der Waals surface area contributed by atoms with Crippen LogP contribution in [-0.4, -0.2) is 34.5 Å². The third-order valence-corrected chi connectivity index (χ3v) is 11.7. The maximum atomic E-state index is 14.6. The maximum absolute atomic E-state index is 14.6. The molecule has 1 saturated carbocycles. The molecule has 2 aliphatic carbocycles. The molecule has 0 spiro atoms. The van der Waals surface area contributed by atoms with Crippen molar-refractivity contribution in [2.45, 2.75) is 32.6 Å². The lowest BCUT2D eigenvalue weighted by atomic mass is 9.51. The van der Waals surface area contributed by atoms with Crippen molar-refractivity contribution < 1.29 is 33.5 Å². The van der Waals surface area contributed by atoms with Crippen LogP contribution in [0.2, 0.25) is 5.02 Å². The number of amides is 4. The highest BCUT2D eigenvalue weighted by Gasteiger charge is 2.67. The number of carbonyl (C=O) groups is 5. The van der Waals surface area contributed by atoms with Crippen molar-refractivity contribution >= 4 is 52.4 Å². The highest BCUT2D eigenvalue weighted by Crippen LogP contribution is 2.64. The summed E-state index contributed by atoms with van der Waals surface area (Å²) in [5, 5.41) is 10.2. The molecule has 4 aromatic rings. The predicted octanol–water partition coefficient (Wildman–Crippen LogP) is 7.16. The number of aryl methyl sites for hydroxylation is 1. The van der Waals surface area contributed by atoms with E-state index in [1.807, 2.05) is 12.1 Å². The Morgan fingerprint density at radius 1 is 0.824 bits per heavy atom. The Hall–Kier alpha value is -5.41. The van der Waals surface area contributed by atoms with E-state index in [4.69, 9.17) is 11.6 Å². The van der Waals surface area contributed by atoms with Gasteiger partial charge in [0.15, 0.2) is 5.78 Å². The number of anilines is 2. The highest BCUT2D eigenvalue weighted by molar-refractivity contribution is 6.32. The van der Waals surface area contributed by atoms with Crippen LogP contribution >= 0.6 is 11.6 Å². The maximum Gasteiger partial charge on any atom is 0.241 e. The zero-order chi connectivity index (χ0) is 35.9. The number of carbonyl (C=O) groups excluding carboxylic acids is 5. The fourth-order valence-corrected chi connectivity index (χ4v) is 9.07. The van der Waals surface area contributed by atoms with Crippen LogP contribution in [0.3, 0.4) is 0 Å². The zero-order valence-electron chi connectivity index (χ0n) is 27.7. The van der Waals surface area contributed by atoms with Crippen LogP contribution in [0.15, 0.2) is 103 Å². The van der Waals surface area contributed by atoms with Crippen LogP contribution in [-0.2, 0) is 19.2 Å². The van der Waals surface area contributed by atoms with Crippen molar-refractivity contribution in [3.05, 3.63) is 136 Å². The van der Waals surface area contributed by atoms with Gasteiger partial charge in [-0.25, -0.2) is 9.29 Å². The first kappa shape index (κ1) is 32.8. The van der Waals surface area contributed by atoms with Crippen molar-refractivity contribution in [2.75, 3.05) is 9.80 Å². The number of allylic oxidation sites excluding steroid dienone is 2. The van der Waals surface area contributed by atoms with Crippen molar-refractivity contribution in [3.63, 3.8) is 0 Å². The lowest BCUT2D eigenvalue weighted by molar-refractivity contribution is -0.131. The van der Waals surface area contributed by atoms with Gasteiger partial charge in [0, 0.05) is 17.0 Å². The minimum atomic E-state index is -1.30. The number of phenolic OH excluding ortho intramolecular Hbond substituents is 1. The molecule has 4 amide bonds. The second-order valence-electron chi connectivity index (χ2n) is 14.1. The number of rotatable bonds is 5. The van der Waals surface area contributed by atoms with E-state index >= 15 is 0 Å². The van der Waals surface area contributed by atoms with Gasteiger partial charge in [0.25, 0.3) is 0 Å². The quantitative estimate of drug-likeness (QED) is 0.134. The summed E-state index contributed by atoms with van der Waals surface area (Å²) < 4.78 is 14.2. The lowest BCUT2D eigenvalue weighted by Gasteiger charge is -2.49. The molecule has 256 valence electrons. The normalized spacial score (nSPS) is 26.9. The van der Waals surface area contributed by atoms with Gasteiger partial charge in [0.2, 0.25) is 23.6 Å². The van der Waals surface area contributed by atoms with E-state index in [2.05, 4.69) is 0 Å². The number of ketones is 1. The van der Waals surface area contributed by atoms with Crippen LogP contribution in [0.25, 0.3) is 0 Å². The molecule has 6 atom stereocenters. The molecule has 10 heteroatoms. The molecule has 2 saturated heterocycles. The van der Waals surface area contributed by atoms with E-state index in [0.29, 0.717) is 27.9 Å². The van der Waals surface area contributed by atoms with Gasteiger partial charge in [0.1, 0.15) is 11.6 Å². The Kier molecular flexibility index (Phi) is 7.61. The molecule has 0 bridgehead atoms. The third kappa shape index (κ3) is 4.82. The Labute approximate surface area is 298 Å². The van der Waals surface area contributed by atoms with Gasteiger partial charge < -0.3 is 5.11 Å². The smallest absolute Gasteiger partial charge is 0.241 e. The summed E-state index contributed by atoms with van der Waals surface area (Å²) in [6.07, 6.45) is 2.35. The fourth-order valence-electron chi connectivity index (χ4n) is 8.90. The number of imide groups is 2. The molecule has 3 fully saturated rings. The topological polar surface area (TPSA) is 112 Å². The molecule has 4 aliphatic rings. The second kappa shape index (κ2) is 11.8. The SMILES string of the molecule is Cc1cc([C@H]2C3=CC[C@@H]4C(=O)N(c5ccc(C(=O)c6ccccc6)cc5)C(=O)[C@@H]4[C@@H]3C[C@H]3C(=O)N(c4ccc(F)c(Cl)c4)C(=O)[C@@]23C)ccc1O. The van der Waals surface area contributed by atoms with Crippen molar-refractivity contribution in [1.82, 2.24) is 0 Å². The summed E-state index contributed by atoms with van der Waals surface area (Å²) in [4.78, 5) is 72.6. The molecule has 2 aliphatic heterocycles. The summed E-state index contributed by atoms with van der Waals surface area (Å²) in [7, 11) is 0. The lowest BCUT2D eigenvalue weighted by Crippen LogP contribution is -2.48. The number of aromatic hydroxyl groups is 1. The molecular formula is C41H32ClFN2O6. The minimum absolute atomic E-state index is 0.0746. The largest absolute Gasteiger partial charge is 0.508 e. The zero-order valence-corrected chi connectivity index (χ0v) is 28.4. The van der Waals surface area contributed by atoms with Gasteiger partial charge in [-0.15, -0.1) is 0 Å². The number of phenols is 1. The average Bonchev–Trinajstić information content (AvgIpc) is 3.50. The van der Waals surface area contributed by atoms with Gasteiger partial charge in [-0.3, -0.25) is 28.9 Å². The van der Waals surface area contributed by atoms with Crippen LogP contribution in [0.5, 0.6) is 5.75 Å². The first-order valence-electron chi connectivity index (χ1n) is 16.8. The Morgan fingerprint density at radius 2 is 1.51 bits per heavy atom. The predicted molar refractivity (Wildman–Crippen MR) is 188 cm³/mol. The molecule has 4 aromatic carbocycles. The van der Waals surface area contributed by atoms with E-state index in [-0.39, 0.29) is 41.0 Å². The first-order valence-corrected chi connectivity index (χ1v) is 17.2. The monoisotopic (exact) mass is 702 g/mol. The number of nitrogens with zero attached hydrogens (tertiary/aromatic N) is 2. The van der Waals surface area contributed by atoms with E-state index in [1.54, 1.807) is 80.6 Å². The summed E-state index contributed by atoms with van der Waals surface area (Å²) in [6.45, 7) is 3.50. The fraction of sp³-hybridized carbons (Fsp3) is 0.244. The van der Waals surface area contributed by atoms with Gasteiger partial charge in [-0.1, -0.05) is 65.7 Å². The van der Waals surface area contributed by atoms with Crippen LogP contribution < -0.4 is 9.80 Å². The first-order chi connectivity index (χ1) is 24.4. The number of fused-ring (bicyclic) bond motifs is 4. The Balaban J connectivity index is 1.18. The molecule has 0 unspecified atom stereocenters. The van der Waals surface area contributed by atoms with Crippen LogP contribution in [0, 0.1) is 41.8 Å². The summed E-state index contributed by atoms with van der Waals surface area (Å²) in [5.41, 5.74) is 2.20. The summed E-state index contributed by atoms with van der Waals surface area (Å²) >= 11 is 6.09. The van der Waals surface area contributed by atoms with Crippen molar-refractivity contribution in [2.24, 2.45) is 29.1 Å². The number of hydrogen-bond acceptors (Lipinski definition) is 6. The number of hydrogen-bond donors (Lipinski definition) is 1.